The molecule has 162 valence electrons. The summed E-state index contributed by atoms with van der Waals surface area (Å²) in [5, 5.41) is 0. The molecule has 7 nitrogen and oxygen atoms in total. The topological polar surface area (TPSA) is 76.6 Å². The summed E-state index contributed by atoms with van der Waals surface area (Å²) in [4.78, 5) is 30.5. The van der Waals surface area contributed by atoms with Gasteiger partial charge in [-0.1, -0.05) is 24.3 Å². The van der Waals surface area contributed by atoms with E-state index >= 15 is 0 Å². The van der Waals surface area contributed by atoms with Crippen LogP contribution in [0.5, 0.6) is 11.5 Å². The maximum Gasteiger partial charge on any atom is 0.326 e. The minimum absolute atomic E-state index is 0.0450. The third-order valence-corrected chi connectivity index (χ3v) is 5.84. The van der Waals surface area contributed by atoms with Crippen molar-refractivity contribution in [3.8, 4) is 11.5 Å². The number of rotatable bonds is 5. The molecular weight excluding hydrogens is 394 g/mol. The monoisotopic (exact) mass is 421 g/mol. The van der Waals surface area contributed by atoms with Crippen LogP contribution in [-0.2, 0) is 0 Å². The number of para-hydroxylation sites is 2. The fourth-order valence-electron chi connectivity index (χ4n) is 4.37. The van der Waals surface area contributed by atoms with Gasteiger partial charge in [-0.05, 0) is 44.0 Å². The SMILES string of the molecule is C/C=C/c1cc(C(=O)N2CCC(n3c(=O)[nH]c4ccccc43)CC2)cc(OC)c1OC. The zero-order valence-electron chi connectivity index (χ0n) is 18.1. The molecule has 1 saturated heterocycles. The van der Waals surface area contributed by atoms with Crippen LogP contribution in [0.3, 0.4) is 0 Å². The zero-order chi connectivity index (χ0) is 22.0. The van der Waals surface area contributed by atoms with E-state index in [2.05, 4.69) is 4.98 Å². The number of imidazole rings is 1. The van der Waals surface area contributed by atoms with E-state index in [1.54, 1.807) is 20.3 Å². The first kappa shape index (κ1) is 20.8. The first-order valence-corrected chi connectivity index (χ1v) is 10.4. The van der Waals surface area contributed by atoms with Gasteiger partial charge in [-0.2, -0.15) is 0 Å². The van der Waals surface area contributed by atoms with Gasteiger partial charge in [-0.3, -0.25) is 9.36 Å². The van der Waals surface area contributed by atoms with E-state index in [9.17, 15) is 9.59 Å². The van der Waals surface area contributed by atoms with Crippen molar-refractivity contribution >= 4 is 23.0 Å². The Morgan fingerprint density at radius 2 is 1.87 bits per heavy atom. The summed E-state index contributed by atoms with van der Waals surface area (Å²) in [6.45, 7) is 3.09. The van der Waals surface area contributed by atoms with Gasteiger partial charge >= 0.3 is 5.69 Å². The van der Waals surface area contributed by atoms with Gasteiger partial charge in [0.25, 0.3) is 5.91 Å². The van der Waals surface area contributed by atoms with Crippen molar-refractivity contribution in [2.75, 3.05) is 27.3 Å². The lowest BCUT2D eigenvalue weighted by Gasteiger charge is -2.32. The van der Waals surface area contributed by atoms with Crippen LogP contribution in [0.2, 0.25) is 0 Å². The Morgan fingerprint density at radius 1 is 1.13 bits per heavy atom. The van der Waals surface area contributed by atoms with Crippen molar-refractivity contribution < 1.29 is 14.3 Å². The van der Waals surface area contributed by atoms with Crippen molar-refractivity contribution in [1.29, 1.82) is 0 Å². The molecule has 0 saturated carbocycles. The van der Waals surface area contributed by atoms with Gasteiger partial charge in [0, 0.05) is 30.3 Å². The third-order valence-electron chi connectivity index (χ3n) is 5.84. The fourth-order valence-corrected chi connectivity index (χ4v) is 4.37. The highest BCUT2D eigenvalue weighted by atomic mass is 16.5. The molecule has 1 aromatic heterocycles. The van der Waals surface area contributed by atoms with Crippen LogP contribution in [0, 0.1) is 0 Å². The van der Waals surface area contributed by atoms with Gasteiger partial charge < -0.3 is 19.4 Å². The largest absolute Gasteiger partial charge is 0.493 e. The van der Waals surface area contributed by atoms with E-state index in [0.717, 1.165) is 29.4 Å². The molecule has 1 fully saturated rings. The molecule has 1 aliphatic rings. The van der Waals surface area contributed by atoms with Crippen molar-refractivity contribution in [3.63, 3.8) is 0 Å². The van der Waals surface area contributed by atoms with Crippen molar-refractivity contribution in [3.05, 3.63) is 64.1 Å². The highest BCUT2D eigenvalue weighted by Gasteiger charge is 2.27. The van der Waals surface area contributed by atoms with Gasteiger partial charge in [0.2, 0.25) is 0 Å². The fraction of sp³-hybridized carbons (Fsp3) is 0.333. The van der Waals surface area contributed by atoms with Crippen molar-refractivity contribution in [1.82, 2.24) is 14.5 Å². The van der Waals surface area contributed by atoms with E-state index in [1.807, 2.05) is 58.9 Å². The van der Waals surface area contributed by atoms with Crippen LogP contribution in [-0.4, -0.2) is 47.7 Å². The average Bonchev–Trinajstić information content (AvgIpc) is 3.14. The molecule has 1 amide bonds. The number of nitrogens with zero attached hydrogens (tertiary/aromatic N) is 2. The van der Waals surface area contributed by atoms with Crippen molar-refractivity contribution in [2.45, 2.75) is 25.8 Å². The van der Waals surface area contributed by atoms with Crippen LogP contribution in [0.1, 0.15) is 41.7 Å². The average molecular weight is 421 g/mol. The number of hydrogen-bond acceptors (Lipinski definition) is 4. The Kier molecular flexibility index (Phi) is 5.84. The number of allylic oxidation sites excluding steroid dienone is 1. The molecule has 0 aliphatic carbocycles. The molecule has 31 heavy (non-hydrogen) atoms. The summed E-state index contributed by atoms with van der Waals surface area (Å²) in [7, 11) is 3.15. The molecule has 2 heterocycles. The summed E-state index contributed by atoms with van der Waals surface area (Å²) in [5.41, 5.74) is 3.02. The number of H-pyrrole nitrogens is 1. The zero-order valence-corrected chi connectivity index (χ0v) is 18.1. The van der Waals surface area contributed by atoms with Crippen LogP contribution >= 0.6 is 0 Å². The molecule has 0 radical (unpaired) electrons. The lowest BCUT2D eigenvalue weighted by molar-refractivity contribution is 0.0694. The molecule has 0 spiro atoms. The second kappa shape index (κ2) is 8.71. The third kappa shape index (κ3) is 3.83. The minimum atomic E-state index is -0.0955. The lowest BCUT2D eigenvalue weighted by atomic mass is 10.0. The smallest absolute Gasteiger partial charge is 0.326 e. The minimum Gasteiger partial charge on any atom is -0.493 e. The highest BCUT2D eigenvalue weighted by Crippen LogP contribution is 2.34. The highest BCUT2D eigenvalue weighted by molar-refractivity contribution is 5.96. The predicted octanol–water partition coefficient (Wildman–Crippen LogP) is 3.86. The number of piperidine rings is 1. The molecule has 0 unspecified atom stereocenters. The van der Waals surface area contributed by atoms with E-state index < -0.39 is 0 Å². The molecule has 3 aromatic rings. The summed E-state index contributed by atoms with van der Waals surface area (Å²) in [6, 6.07) is 11.3. The quantitative estimate of drug-likeness (QED) is 0.679. The molecule has 7 heteroatoms. The second-order valence-corrected chi connectivity index (χ2v) is 7.64. The molecule has 0 bridgehead atoms. The van der Waals surface area contributed by atoms with E-state index in [1.165, 1.54) is 0 Å². The number of carbonyl (C=O) groups is 1. The molecule has 0 atom stereocenters. The van der Waals surface area contributed by atoms with E-state index in [4.69, 9.17) is 9.47 Å². The van der Waals surface area contributed by atoms with Crippen LogP contribution in [0.25, 0.3) is 17.1 Å². The summed E-state index contributed by atoms with van der Waals surface area (Å²) < 4.78 is 12.7. The predicted molar refractivity (Wildman–Crippen MR) is 121 cm³/mol. The molecule has 1 N–H and O–H groups in total. The maximum absolute atomic E-state index is 13.2. The molecular formula is C24H27N3O4. The number of nitrogens with one attached hydrogen (secondary N) is 1. The number of ether oxygens (including phenoxy) is 2. The second-order valence-electron chi connectivity index (χ2n) is 7.64. The summed E-state index contributed by atoms with van der Waals surface area (Å²) >= 11 is 0. The Hall–Kier alpha value is -3.48. The van der Waals surface area contributed by atoms with Gasteiger partial charge in [0.05, 0.1) is 25.3 Å². The lowest BCUT2D eigenvalue weighted by Crippen LogP contribution is -2.40. The first-order valence-electron chi connectivity index (χ1n) is 10.4. The number of likely N-dealkylation sites (tertiary alicyclic amines) is 1. The number of aromatic amines is 1. The number of aromatic nitrogens is 2. The molecule has 1 aliphatic heterocycles. The first-order chi connectivity index (χ1) is 15.1. The number of methoxy groups -OCH3 is 2. The van der Waals surface area contributed by atoms with Gasteiger partial charge in [-0.15, -0.1) is 0 Å². The number of amides is 1. The number of benzene rings is 2. The standard InChI is InChI=1S/C24H27N3O4/c1-4-7-16-14-17(15-21(30-2)22(16)31-3)23(28)26-12-10-18(11-13-26)27-20-9-6-5-8-19(20)25-24(27)29/h4-9,14-15,18H,10-13H2,1-3H3,(H,25,29)/b7-4+. The van der Waals surface area contributed by atoms with Gasteiger partial charge in [0.1, 0.15) is 0 Å². The Balaban J connectivity index is 1.55. The molecule has 2 aromatic carbocycles. The Morgan fingerprint density at radius 3 is 2.55 bits per heavy atom. The number of hydrogen-bond donors (Lipinski definition) is 1. The Labute approximate surface area is 180 Å². The molecule has 4 rings (SSSR count). The normalized spacial score (nSPS) is 15.0. The summed E-state index contributed by atoms with van der Waals surface area (Å²) in [5.74, 6) is 1.09. The van der Waals surface area contributed by atoms with Crippen LogP contribution < -0.4 is 15.2 Å². The maximum atomic E-state index is 13.2. The number of fused-ring (bicyclic) bond motifs is 1. The van der Waals surface area contributed by atoms with Crippen molar-refractivity contribution in [2.24, 2.45) is 0 Å². The van der Waals surface area contributed by atoms with E-state index in [0.29, 0.717) is 30.2 Å². The number of carbonyl (C=O) groups excluding carboxylic acids is 1. The van der Waals surface area contributed by atoms with E-state index in [-0.39, 0.29) is 17.6 Å². The Bertz CT molecular complexity index is 1180. The summed E-state index contributed by atoms with van der Waals surface area (Å²) in [6.07, 6.45) is 5.24. The van der Waals surface area contributed by atoms with Gasteiger partial charge in [-0.25, -0.2) is 4.79 Å². The van der Waals surface area contributed by atoms with Crippen LogP contribution in [0.15, 0.2) is 47.3 Å². The van der Waals surface area contributed by atoms with Crippen LogP contribution in [0.4, 0.5) is 0 Å². The van der Waals surface area contributed by atoms with Gasteiger partial charge in [0.15, 0.2) is 11.5 Å².